The normalized spacial score (nSPS) is 10.8. The van der Waals surface area contributed by atoms with Gasteiger partial charge >= 0.3 is 11.9 Å². The third-order valence-corrected chi connectivity index (χ3v) is 3.54. The lowest BCUT2D eigenvalue weighted by molar-refractivity contribution is -0.129. The first-order chi connectivity index (χ1) is 12.3. The van der Waals surface area contributed by atoms with Gasteiger partial charge in [0.2, 0.25) is 5.75 Å². The number of allylic oxidation sites excluding steroid dienone is 3. The zero-order valence-corrected chi connectivity index (χ0v) is 16.2. The minimum Gasteiger partial charge on any atom is -0.493 e. The van der Waals surface area contributed by atoms with Gasteiger partial charge in [0.15, 0.2) is 11.5 Å². The van der Waals surface area contributed by atoms with Crippen LogP contribution in [0.3, 0.4) is 0 Å². The Morgan fingerprint density at radius 3 is 2.04 bits per heavy atom. The van der Waals surface area contributed by atoms with Gasteiger partial charge in [-0.05, 0) is 45.7 Å². The van der Waals surface area contributed by atoms with Crippen LogP contribution < -0.4 is 14.2 Å². The molecule has 1 aromatic rings. The Labute approximate surface area is 154 Å². The molecule has 0 N–H and O–H groups in total. The topological polar surface area (TPSA) is 71.1 Å². The van der Waals surface area contributed by atoms with E-state index in [0.29, 0.717) is 0 Å². The molecule has 0 radical (unpaired) electrons. The van der Waals surface area contributed by atoms with E-state index in [-0.39, 0.29) is 22.8 Å². The summed E-state index contributed by atoms with van der Waals surface area (Å²) in [6.45, 7) is 5.93. The number of ether oxygens (including phenoxy) is 4. The van der Waals surface area contributed by atoms with Gasteiger partial charge in [0, 0.05) is 6.08 Å². The number of hydrogen-bond donors (Lipinski definition) is 0. The van der Waals surface area contributed by atoms with Crippen LogP contribution in [0.1, 0.15) is 44.0 Å². The number of hydrogen-bond acceptors (Lipinski definition) is 6. The van der Waals surface area contributed by atoms with Gasteiger partial charge in [-0.1, -0.05) is 17.2 Å². The summed E-state index contributed by atoms with van der Waals surface area (Å²) in [5.74, 6) is -0.569. The third-order valence-electron chi connectivity index (χ3n) is 3.54. The van der Waals surface area contributed by atoms with Crippen molar-refractivity contribution in [2.45, 2.75) is 33.6 Å². The lowest BCUT2D eigenvalue weighted by Crippen LogP contribution is -2.09. The van der Waals surface area contributed by atoms with Crippen LogP contribution in [0.15, 0.2) is 35.4 Å². The molecule has 0 aliphatic carbocycles. The summed E-state index contributed by atoms with van der Waals surface area (Å²) in [4.78, 5) is 23.9. The highest BCUT2D eigenvalue weighted by Gasteiger charge is 2.20. The molecule has 26 heavy (non-hydrogen) atoms. The zero-order chi connectivity index (χ0) is 19.7. The number of methoxy groups -OCH3 is 3. The molecule has 0 unspecified atom stereocenters. The Balaban J connectivity index is 3.02. The second-order valence-electron chi connectivity index (χ2n) is 5.93. The van der Waals surface area contributed by atoms with E-state index in [1.165, 1.54) is 45.1 Å². The molecule has 142 valence electrons. The Bertz CT molecular complexity index is 686. The van der Waals surface area contributed by atoms with Crippen LogP contribution in [0.4, 0.5) is 0 Å². The highest BCUT2D eigenvalue weighted by atomic mass is 16.6. The average molecular weight is 362 g/mol. The number of esters is 2. The van der Waals surface area contributed by atoms with Crippen LogP contribution in [-0.4, -0.2) is 33.3 Å². The second-order valence-corrected chi connectivity index (χ2v) is 5.93. The van der Waals surface area contributed by atoms with E-state index in [0.717, 1.165) is 18.4 Å². The minimum atomic E-state index is -0.547. The van der Waals surface area contributed by atoms with Crippen LogP contribution in [0.2, 0.25) is 0 Å². The highest BCUT2D eigenvalue weighted by Crippen LogP contribution is 2.39. The van der Waals surface area contributed by atoms with E-state index in [2.05, 4.69) is 6.08 Å². The summed E-state index contributed by atoms with van der Waals surface area (Å²) in [5, 5.41) is 0. The molecule has 0 saturated heterocycles. The van der Waals surface area contributed by atoms with Crippen LogP contribution in [0, 0.1) is 0 Å². The number of benzene rings is 1. The van der Waals surface area contributed by atoms with E-state index >= 15 is 0 Å². The fourth-order valence-corrected chi connectivity index (χ4v) is 2.21. The fourth-order valence-electron chi connectivity index (χ4n) is 2.21. The zero-order valence-electron chi connectivity index (χ0n) is 16.2. The standard InChI is InChI=1S/C20H26O6/c1-13(2)8-7-9-14(3)10-18(21)26-19-16(23-4)11-15(20(22)25-6)12-17(19)24-5/h8,10-12H,7,9H2,1-6H3/b14-10+. The summed E-state index contributed by atoms with van der Waals surface area (Å²) < 4.78 is 20.5. The molecular weight excluding hydrogens is 336 g/mol. The first kappa shape index (κ1) is 21.3. The lowest BCUT2D eigenvalue weighted by Gasteiger charge is -2.14. The van der Waals surface area contributed by atoms with Gasteiger partial charge in [-0.15, -0.1) is 0 Å². The Kier molecular flexibility index (Phi) is 8.42. The molecule has 0 fully saturated rings. The molecule has 0 amide bonds. The lowest BCUT2D eigenvalue weighted by atomic mass is 10.1. The molecule has 0 aliphatic rings. The van der Waals surface area contributed by atoms with Crippen LogP contribution in [0.25, 0.3) is 0 Å². The predicted octanol–water partition coefficient (Wildman–Crippen LogP) is 4.09. The van der Waals surface area contributed by atoms with Gasteiger partial charge in [-0.25, -0.2) is 9.59 Å². The quantitative estimate of drug-likeness (QED) is 0.300. The van der Waals surface area contributed by atoms with Crippen molar-refractivity contribution in [1.29, 1.82) is 0 Å². The summed E-state index contributed by atoms with van der Waals surface area (Å²) in [7, 11) is 4.10. The van der Waals surface area contributed by atoms with Crippen LogP contribution >= 0.6 is 0 Å². The summed E-state index contributed by atoms with van der Waals surface area (Å²) >= 11 is 0. The Morgan fingerprint density at radius 2 is 1.58 bits per heavy atom. The summed E-state index contributed by atoms with van der Waals surface area (Å²) in [6.07, 6.45) is 5.17. The largest absolute Gasteiger partial charge is 0.493 e. The van der Waals surface area contributed by atoms with Gasteiger partial charge in [-0.2, -0.15) is 0 Å². The van der Waals surface area contributed by atoms with Crippen LogP contribution in [0.5, 0.6) is 17.2 Å². The maximum absolute atomic E-state index is 12.2. The van der Waals surface area contributed by atoms with E-state index in [4.69, 9.17) is 18.9 Å². The maximum Gasteiger partial charge on any atom is 0.338 e. The number of carbonyl (C=O) groups is 2. The van der Waals surface area contributed by atoms with Crippen molar-refractivity contribution < 1.29 is 28.5 Å². The van der Waals surface area contributed by atoms with Gasteiger partial charge in [0.05, 0.1) is 26.9 Å². The molecule has 0 spiro atoms. The van der Waals surface area contributed by atoms with E-state index in [1.54, 1.807) is 0 Å². The number of rotatable bonds is 8. The van der Waals surface area contributed by atoms with Crippen molar-refractivity contribution in [2.75, 3.05) is 21.3 Å². The smallest absolute Gasteiger partial charge is 0.338 e. The summed E-state index contributed by atoms with van der Waals surface area (Å²) in [6, 6.07) is 2.87. The molecule has 6 nitrogen and oxygen atoms in total. The van der Waals surface area contributed by atoms with Crippen molar-refractivity contribution in [2.24, 2.45) is 0 Å². The average Bonchev–Trinajstić information content (AvgIpc) is 2.60. The molecule has 0 heterocycles. The molecule has 0 atom stereocenters. The third kappa shape index (κ3) is 6.27. The first-order valence-corrected chi connectivity index (χ1v) is 8.19. The van der Waals surface area contributed by atoms with E-state index < -0.39 is 11.9 Å². The second kappa shape index (κ2) is 10.3. The molecule has 1 aromatic carbocycles. The maximum atomic E-state index is 12.2. The van der Waals surface area contributed by atoms with Crippen molar-refractivity contribution in [3.8, 4) is 17.2 Å². The van der Waals surface area contributed by atoms with Crippen LogP contribution in [-0.2, 0) is 9.53 Å². The predicted molar refractivity (Wildman–Crippen MR) is 98.9 cm³/mol. The van der Waals surface area contributed by atoms with Gasteiger partial charge < -0.3 is 18.9 Å². The van der Waals surface area contributed by atoms with E-state index in [1.807, 2.05) is 20.8 Å². The van der Waals surface area contributed by atoms with E-state index in [9.17, 15) is 9.59 Å². The molecule has 0 aromatic heterocycles. The van der Waals surface area contributed by atoms with Gasteiger partial charge in [0.25, 0.3) is 0 Å². The Morgan fingerprint density at radius 1 is 1.00 bits per heavy atom. The molecular formula is C20H26O6. The highest BCUT2D eigenvalue weighted by molar-refractivity contribution is 5.92. The summed E-state index contributed by atoms with van der Waals surface area (Å²) in [5.41, 5.74) is 2.37. The molecule has 1 rings (SSSR count). The fraction of sp³-hybridized carbons (Fsp3) is 0.400. The monoisotopic (exact) mass is 362 g/mol. The van der Waals surface area contributed by atoms with Gasteiger partial charge in [0.1, 0.15) is 0 Å². The Hall–Kier alpha value is -2.76. The molecule has 0 aliphatic heterocycles. The minimum absolute atomic E-state index is 0.112. The van der Waals surface area contributed by atoms with Crippen molar-refractivity contribution in [3.63, 3.8) is 0 Å². The van der Waals surface area contributed by atoms with Crippen molar-refractivity contribution >= 4 is 11.9 Å². The van der Waals surface area contributed by atoms with Gasteiger partial charge in [-0.3, -0.25) is 0 Å². The van der Waals surface area contributed by atoms with Crippen molar-refractivity contribution in [3.05, 3.63) is 41.0 Å². The van der Waals surface area contributed by atoms with Crippen molar-refractivity contribution in [1.82, 2.24) is 0 Å². The molecule has 0 saturated carbocycles. The first-order valence-electron chi connectivity index (χ1n) is 8.19. The molecule has 0 bridgehead atoms. The SMILES string of the molecule is COC(=O)c1cc(OC)c(OC(=O)/C=C(\C)CCC=C(C)C)c(OC)c1. The molecule has 6 heteroatoms. The number of carbonyl (C=O) groups excluding carboxylic acids is 2.